The van der Waals surface area contributed by atoms with Gasteiger partial charge in [-0.2, -0.15) is 0 Å². The zero-order valence-electron chi connectivity index (χ0n) is 21.6. The first kappa shape index (κ1) is 28.2. The van der Waals surface area contributed by atoms with Gasteiger partial charge < -0.3 is 9.47 Å². The molecule has 3 atom stereocenters. The Morgan fingerprint density at radius 1 is 0.892 bits per heavy atom. The lowest BCUT2D eigenvalue weighted by Crippen LogP contribution is -2.36. The second kappa shape index (κ2) is 12.2. The summed E-state index contributed by atoms with van der Waals surface area (Å²) < 4.78 is 52.5. The maximum absolute atomic E-state index is 14.6. The molecule has 3 unspecified atom stereocenters. The molecule has 0 aliphatic rings. The largest absolute Gasteiger partial charge is 0.490 e. The van der Waals surface area contributed by atoms with E-state index in [9.17, 15) is 18.0 Å². The van der Waals surface area contributed by atoms with Gasteiger partial charge in [0.2, 0.25) is 5.67 Å². The van der Waals surface area contributed by atoms with Crippen molar-refractivity contribution in [1.29, 1.82) is 0 Å². The van der Waals surface area contributed by atoms with E-state index in [2.05, 4.69) is 9.97 Å². The third-order valence-electron chi connectivity index (χ3n) is 6.19. The molecule has 2 aromatic carbocycles. The number of carbonyl (C=O) groups is 1. The number of hydrogen-bond donors (Lipinski definition) is 0. The van der Waals surface area contributed by atoms with Crippen LogP contribution in [-0.4, -0.2) is 40.1 Å². The summed E-state index contributed by atoms with van der Waals surface area (Å²) in [6.45, 7) is 5.21. The summed E-state index contributed by atoms with van der Waals surface area (Å²) in [6, 6.07) is 13.5. The summed E-state index contributed by atoms with van der Waals surface area (Å²) in [5.74, 6) is 0.275. The molecule has 0 saturated heterocycles. The van der Waals surface area contributed by atoms with Gasteiger partial charge in [0.05, 0.1) is 0 Å². The Morgan fingerprint density at radius 2 is 1.46 bits per heavy atom. The highest BCUT2D eigenvalue weighted by molar-refractivity contribution is 5.81. The van der Waals surface area contributed by atoms with Gasteiger partial charge in [-0.1, -0.05) is 31.9 Å². The summed E-state index contributed by atoms with van der Waals surface area (Å²) in [7, 11) is 0. The van der Waals surface area contributed by atoms with Crippen molar-refractivity contribution in [3.63, 3.8) is 0 Å². The number of benzene rings is 2. The first-order chi connectivity index (χ1) is 17.5. The van der Waals surface area contributed by atoms with Gasteiger partial charge in [0, 0.05) is 23.5 Å². The third-order valence-corrected chi connectivity index (χ3v) is 6.19. The van der Waals surface area contributed by atoms with Crippen molar-refractivity contribution in [3.8, 4) is 34.0 Å². The zero-order chi connectivity index (χ0) is 27.1. The minimum atomic E-state index is -2.07. The minimum absolute atomic E-state index is 0.132. The first-order valence-electron chi connectivity index (χ1n) is 12.4. The zero-order valence-corrected chi connectivity index (χ0v) is 21.6. The van der Waals surface area contributed by atoms with Crippen LogP contribution in [0.2, 0.25) is 0 Å². The highest BCUT2D eigenvalue weighted by atomic mass is 19.2. The molecule has 3 aromatic rings. The molecule has 1 heterocycles. The van der Waals surface area contributed by atoms with Gasteiger partial charge >= 0.3 is 5.97 Å². The molecule has 37 heavy (non-hydrogen) atoms. The van der Waals surface area contributed by atoms with E-state index in [1.807, 2.05) is 6.92 Å². The maximum Gasteiger partial charge on any atom is 0.348 e. The number of ether oxygens (including phenoxy) is 2. The second-order valence-electron chi connectivity index (χ2n) is 9.57. The van der Waals surface area contributed by atoms with Gasteiger partial charge in [0.15, 0.2) is 11.5 Å². The number of rotatable bonds is 12. The van der Waals surface area contributed by atoms with Crippen LogP contribution >= 0.6 is 0 Å². The quantitative estimate of drug-likeness (QED) is 0.142. The van der Waals surface area contributed by atoms with Crippen molar-refractivity contribution in [2.24, 2.45) is 0 Å². The van der Waals surface area contributed by atoms with E-state index < -0.39 is 23.5 Å². The number of aromatic nitrogens is 2. The smallest absolute Gasteiger partial charge is 0.348 e. The molecule has 198 valence electrons. The number of carbonyl (C=O) groups excluding carboxylic acids is 1. The number of hydrogen-bond acceptors (Lipinski definition) is 5. The van der Waals surface area contributed by atoms with Crippen molar-refractivity contribution in [2.75, 3.05) is 6.61 Å². The molecule has 0 fully saturated rings. The summed E-state index contributed by atoms with van der Waals surface area (Å²) in [5, 5.41) is 0. The fourth-order valence-corrected chi connectivity index (χ4v) is 3.40. The third kappa shape index (κ3) is 7.78. The van der Waals surface area contributed by atoms with Gasteiger partial charge in [0.25, 0.3) is 0 Å². The lowest BCUT2D eigenvalue weighted by atomic mass is 10.0. The molecule has 5 nitrogen and oxygen atoms in total. The van der Waals surface area contributed by atoms with Gasteiger partial charge in [-0.05, 0) is 75.6 Å². The Morgan fingerprint density at radius 3 is 2.03 bits per heavy atom. The molecule has 0 bridgehead atoms. The number of alkyl halides is 3. The Labute approximate surface area is 216 Å². The van der Waals surface area contributed by atoms with Crippen LogP contribution in [-0.2, 0) is 4.79 Å². The Hall–Kier alpha value is -3.42. The van der Waals surface area contributed by atoms with Crippen LogP contribution in [0, 0.1) is 0 Å². The highest BCUT2D eigenvalue weighted by Crippen LogP contribution is 2.27. The van der Waals surface area contributed by atoms with Crippen LogP contribution in [0.3, 0.4) is 0 Å². The van der Waals surface area contributed by atoms with E-state index >= 15 is 0 Å². The first-order valence-corrected chi connectivity index (χ1v) is 12.4. The molecule has 0 amide bonds. The monoisotopic (exact) mass is 514 g/mol. The number of esters is 1. The molecule has 0 radical (unpaired) electrons. The predicted octanol–water partition coefficient (Wildman–Crippen LogP) is 7.49. The molecular weight excluding hydrogens is 481 g/mol. The number of unbranched alkanes of at least 4 members (excludes halogenated alkanes) is 2. The standard InChI is InChI=1S/C29H33F3N2O3/c1-5-6-7-16-28(3,31)27(35)37-25-14-8-21(9-15-25)23-17-33-26(34-18-23)22-10-12-24(13-11-22)36-19-29(4,32)20(2)30/h8-15,17-18,20H,5-7,16,19H2,1-4H3. The fraction of sp³-hybridized carbons (Fsp3) is 0.414. The maximum atomic E-state index is 14.6. The van der Waals surface area contributed by atoms with Crippen LogP contribution in [0.5, 0.6) is 11.5 Å². The Bertz CT molecular complexity index is 1150. The molecule has 1 aromatic heterocycles. The SMILES string of the molecule is CCCCCC(C)(F)C(=O)Oc1ccc(-c2cnc(-c3ccc(OCC(C)(F)C(C)F)cc3)nc2)cc1. The molecular formula is C29H33F3N2O3. The summed E-state index contributed by atoms with van der Waals surface area (Å²) in [5.41, 5.74) is -1.81. The predicted molar refractivity (Wildman–Crippen MR) is 138 cm³/mol. The Balaban J connectivity index is 1.60. The Kier molecular flexibility index (Phi) is 9.29. The van der Waals surface area contributed by atoms with Crippen LogP contribution in [0.15, 0.2) is 60.9 Å². The lowest BCUT2D eigenvalue weighted by Gasteiger charge is -2.22. The topological polar surface area (TPSA) is 61.3 Å². The minimum Gasteiger partial charge on any atom is -0.490 e. The van der Waals surface area contributed by atoms with Crippen LogP contribution < -0.4 is 9.47 Å². The van der Waals surface area contributed by atoms with Crippen molar-refractivity contribution < 1.29 is 27.4 Å². The van der Waals surface area contributed by atoms with Gasteiger partial charge in [-0.15, -0.1) is 0 Å². The van der Waals surface area contributed by atoms with Crippen LogP contribution in [0.4, 0.5) is 13.2 Å². The van der Waals surface area contributed by atoms with E-state index in [4.69, 9.17) is 9.47 Å². The molecule has 0 aliphatic carbocycles. The van der Waals surface area contributed by atoms with Crippen molar-refractivity contribution >= 4 is 5.97 Å². The molecule has 0 N–H and O–H groups in total. The average Bonchev–Trinajstić information content (AvgIpc) is 2.88. The second-order valence-corrected chi connectivity index (χ2v) is 9.57. The lowest BCUT2D eigenvalue weighted by molar-refractivity contribution is -0.147. The molecule has 0 saturated carbocycles. The van der Waals surface area contributed by atoms with Crippen molar-refractivity contribution in [1.82, 2.24) is 9.97 Å². The van der Waals surface area contributed by atoms with Crippen molar-refractivity contribution in [2.45, 2.75) is 70.9 Å². The average molecular weight is 515 g/mol. The molecule has 0 aliphatic heterocycles. The number of halogens is 3. The molecule has 3 rings (SSSR count). The number of nitrogens with zero attached hydrogens (tertiary/aromatic N) is 2. The fourth-order valence-electron chi connectivity index (χ4n) is 3.40. The van der Waals surface area contributed by atoms with E-state index in [1.165, 1.54) is 6.92 Å². The highest BCUT2D eigenvalue weighted by Gasteiger charge is 2.34. The van der Waals surface area contributed by atoms with Crippen LogP contribution in [0.1, 0.15) is 53.4 Å². The summed E-state index contributed by atoms with van der Waals surface area (Å²) >= 11 is 0. The summed E-state index contributed by atoms with van der Waals surface area (Å²) in [4.78, 5) is 21.0. The van der Waals surface area contributed by atoms with Gasteiger partial charge in [-0.3, -0.25) is 0 Å². The van der Waals surface area contributed by atoms with E-state index in [-0.39, 0.29) is 18.8 Å². The van der Waals surface area contributed by atoms with Crippen LogP contribution in [0.25, 0.3) is 22.5 Å². The van der Waals surface area contributed by atoms with Gasteiger partial charge in [0.1, 0.15) is 24.3 Å². The normalized spacial score (nSPS) is 15.3. The van der Waals surface area contributed by atoms with Gasteiger partial charge in [-0.25, -0.2) is 27.9 Å². The molecule has 0 spiro atoms. The van der Waals surface area contributed by atoms with E-state index in [0.717, 1.165) is 43.4 Å². The summed E-state index contributed by atoms with van der Waals surface area (Å²) in [6.07, 6.45) is 4.26. The van der Waals surface area contributed by atoms with E-state index in [0.29, 0.717) is 18.0 Å². The molecule has 8 heteroatoms. The van der Waals surface area contributed by atoms with E-state index in [1.54, 1.807) is 60.9 Å². The van der Waals surface area contributed by atoms with Crippen molar-refractivity contribution in [3.05, 3.63) is 60.9 Å².